The number of ether oxygens (including phenoxy) is 1. The largest absolute Gasteiger partial charge is 0.466 e. The first-order chi connectivity index (χ1) is 7.54. The summed E-state index contributed by atoms with van der Waals surface area (Å²) in [5, 5.41) is 0. The molecule has 0 fully saturated rings. The Morgan fingerprint density at radius 2 is 2.12 bits per heavy atom. The molecule has 1 aromatic carbocycles. The normalized spacial score (nSPS) is 9.94. The molecule has 0 N–H and O–H groups in total. The molecule has 0 aromatic heterocycles. The van der Waals surface area contributed by atoms with Crippen LogP contribution in [0, 0.1) is 9.39 Å². The average molecular weight is 336 g/mol. The predicted molar refractivity (Wildman–Crippen MR) is 64.7 cm³/mol. The Bertz CT molecular complexity index is 418. The lowest BCUT2D eigenvalue weighted by Crippen LogP contribution is -2.12. The van der Waals surface area contributed by atoms with Crippen molar-refractivity contribution in [2.24, 2.45) is 0 Å². The molecule has 0 saturated heterocycles. The molecule has 0 spiro atoms. The van der Waals surface area contributed by atoms with Crippen molar-refractivity contribution >= 4 is 34.3 Å². The van der Waals surface area contributed by atoms with Crippen molar-refractivity contribution in [3.05, 3.63) is 33.1 Å². The van der Waals surface area contributed by atoms with Gasteiger partial charge >= 0.3 is 5.97 Å². The van der Waals surface area contributed by atoms with Crippen LogP contribution in [0.15, 0.2) is 18.2 Å². The molecule has 0 unspecified atom stereocenters. The van der Waals surface area contributed by atoms with Gasteiger partial charge in [0, 0.05) is 3.57 Å². The highest BCUT2D eigenvalue weighted by Crippen LogP contribution is 2.14. The number of halogens is 2. The second kappa shape index (κ2) is 5.93. The summed E-state index contributed by atoms with van der Waals surface area (Å²) in [6, 6.07) is 4.24. The van der Waals surface area contributed by atoms with E-state index in [-0.39, 0.29) is 12.2 Å². The number of ketones is 1. The Kier molecular flexibility index (Phi) is 4.85. The summed E-state index contributed by atoms with van der Waals surface area (Å²) in [5.41, 5.74) is -0.0755. The number of rotatable bonds is 4. The van der Waals surface area contributed by atoms with E-state index < -0.39 is 24.0 Å². The Balaban J connectivity index is 2.77. The summed E-state index contributed by atoms with van der Waals surface area (Å²) >= 11 is 1.94. The zero-order valence-corrected chi connectivity index (χ0v) is 10.8. The van der Waals surface area contributed by atoms with Gasteiger partial charge in [0.25, 0.3) is 0 Å². The standard InChI is InChI=1S/C11H10FIO3/c1-2-16-11(15)6-10(14)8-4-3-7(13)5-9(8)12/h3-5H,2,6H2,1H3. The van der Waals surface area contributed by atoms with Gasteiger partial charge in [-0.1, -0.05) is 0 Å². The second-order valence-corrected chi connectivity index (χ2v) is 4.27. The summed E-state index contributed by atoms with van der Waals surface area (Å²) in [7, 11) is 0. The third kappa shape index (κ3) is 3.55. The van der Waals surface area contributed by atoms with E-state index in [0.717, 1.165) is 0 Å². The van der Waals surface area contributed by atoms with Crippen LogP contribution >= 0.6 is 22.6 Å². The minimum atomic E-state index is -0.634. The highest BCUT2D eigenvalue weighted by Gasteiger charge is 2.16. The SMILES string of the molecule is CCOC(=O)CC(=O)c1ccc(I)cc1F. The molecule has 0 atom stereocenters. The van der Waals surface area contributed by atoms with Crippen LogP contribution in [0.25, 0.3) is 0 Å². The van der Waals surface area contributed by atoms with Crippen molar-refractivity contribution in [2.75, 3.05) is 6.61 Å². The van der Waals surface area contributed by atoms with Gasteiger partial charge in [-0.15, -0.1) is 0 Å². The zero-order valence-electron chi connectivity index (χ0n) is 8.63. The fraction of sp³-hybridized carbons (Fsp3) is 0.273. The van der Waals surface area contributed by atoms with Gasteiger partial charge in [-0.3, -0.25) is 9.59 Å². The number of Topliss-reactive ketones (excluding diaryl/α,β-unsaturated/α-hetero) is 1. The van der Waals surface area contributed by atoms with Crippen LogP contribution < -0.4 is 0 Å². The minimum Gasteiger partial charge on any atom is -0.466 e. The minimum absolute atomic E-state index is 0.0755. The van der Waals surface area contributed by atoms with Crippen LogP contribution in [0.5, 0.6) is 0 Å². The van der Waals surface area contributed by atoms with E-state index in [0.29, 0.717) is 3.57 Å². The summed E-state index contributed by atoms with van der Waals surface area (Å²) in [6.07, 6.45) is -0.425. The average Bonchev–Trinajstić information content (AvgIpc) is 2.17. The molecule has 3 nitrogen and oxygen atoms in total. The highest BCUT2D eigenvalue weighted by atomic mass is 127. The van der Waals surface area contributed by atoms with Gasteiger partial charge in [-0.25, -0.2) is 4.39 Å². The molecule has 0 amide bonds. The quantitative estimate of drug-likeness (QED) is 0.367. The van der Waals surface area contributed by atoms with Crippen molar-refractivity contribution in [3.8, 4) is 0 Å². The first kappa shape index (κ1) is 13.1. The van der Waals surface area contributed by atoms with Crippen LogP contribution in [-0.2, 0) is 9.53 Å². The fourth-order valence-electron chi connectivity index (χ4n) is 1.15. The maximum absolute atomic E-state index is 13.4. The molecule has 0 aliphatic rings. The monoisotopic (exact) mass is 336 g/mol. The summed E-state index contributed by atoms with van der Waals surface area (Å²) < 4.78 is 18.7. The van der Waals surface area contributed by atoms with E-state index >= 15 is 0 Å². The molecule has 16 heavy (non-hydrogen) atoms. The number of hydrogen-bond donors (Lipinski definition) is 0. The van der Waals surface area contributed by atoms with Crippen LogP contribution in [0.3, 0.4) is 0 Å². The molecule has 1 rings (SSSR count). The lowest BCUT2D eigenvalue weighted by atomic mass is 10.1. The molecule has 0 saturated carbocycles. The first-order valence-electron chi connectivity index (χ1n) is 4.68. The van der Waals surface area contributed by atoms with E-state index in [2.05, 4.69) is 4.74 Å². The number of esters is 1. The molecule has 5 heteroatoms. The highest BCUT2D eigenvalue weighted by molar-refractivity contribution is 14.1. The van der Waals surface area contributed by atoms with E-state index in [9.17, 15) is 14.0 Å². The second-order valence-electron chi connectivity index (χ2n) is 3.03. The summed E-state index contributed by atoms with van der Waals surface area (Å²) in [4.78, 5) is 22.6. The van der Waals surface area contributed by atoms with Crippen LogP contribution in [0.1, 0.15) is 23.7 Å². The Morgan fingerprint density at radius 1 is 1.44 bits per heavy atom. The van der Waals surface area contributed by atoms with Gasteiger partial charge in [0.1, 0.15) is 12.2 Å². The number of benzene rings is 1. The van der Waals surface area contributed by atoms with Gasteiger partial charge in [0.2, 0.25) is 0 Å². The molecule has 86 valence electrons. The molecular weight excluding hydrogens is 326 g/mol. The van der Waals surface area contributed by atoms with Crippen LogP contribution in [-0.4, -0.2) is 18.4 Å². The van der Waals surface area contributed by atoms with Crippen molar-refractivity contribution in [2.45, 2.75) is 13.3 Å². The Hall–Kier alpha value is -0.980. The first-order valence-corrected chi connectivity index (χ1v) is 5.76. The fourth-order valence-corrected chi connectivity index (χ4v) is 1.61. The van der Waals surface area contributed by atoms with Crippen molar-refractivity contribution in [3.63, 3.8) is 0 Å². The van der Waals surface area contributed by atoms with E-state index in [4.69, 9.17) is 0 Å². The molecule has 0 heterocycles. The molecule has 0 aliphatic carbocycles. The van der Waals surface area contributed by atoms with E-state index in [1.165, 1.54) is 12.1 Å². The number of carbonyl (C=O) groups is 2. The number of hydrogen-bond acceptors (Lipinski definition) is 3. The van der Waals surface area contributed by atoms with E-state index in [1.807, 2.05) is 22.6 Å². The van der Waals surface area contributed by atoms with Gasteiger partial charge in [0.15, 0.2) is 5.78 Å². The van der Waals surface area contributed by atoms with Crippen molar-refractivity contribution in [1.29, 1.82) is 0 Å². The molecular formula is C11H10FIO3. The van der Waals surface area contributed by atoms with Crippen molar-refractivity contribution in [1.82, 2.24) is 0 Å². The summed E-state index contributed by atoms with van der Waals surface area (Å²) in [5.74, 6) is -1.81. The van der Waals surface area contributed by atoms with Gasteiger partial charge in [-0.2, -0.15) is 0 Å². The zero-order chi connectivity index (χ0) is 12.1. The van der Waals surface area contributed by atoms with Gasteiger partial charge < -0.3 is 4.74 Å². The van der Waals surface area contributed by atoms with Crippen LogP contribution in [0.4, 0.5) is 4.39 Å². The summed E-state index contributed by atoms with van der Waals surface area (Å²) in [6.45, 7) is 1.86. The third-order valence-electron chi connectivity index (χ3n) is 1.84. The molecule has 0 radical (unpaired) electrons. The molecule has 0 bridgehead atoms. The molecule has 1 aromatic rings. The number of carbonyl (C=O) groups excluding carboxylic acids is 2. The molecule has 0 aliphatic heterocycles. The lowest BCUT2D eigenvalue weighted by Gasteiger charge is -2.03. The van der Waals surface area contributed by atoms with Crippen molar-refractivity contribution < 1.29 is 18.7 Å². The predicted octanol–water partition coefficient (Wildman–Crippen LogP) is 2.57. The van der Waals surface area contributed by atoms with E-state index in [1.54, 1.807) is 13.0 Å². The van der Waals surface area contributed by atoms with Crippen LogP contribution in [0.2, 0.25) is 0 Å². The maximum Gasteiger partial charge on any atom is 0.313 e. The Labute approximate surface area is 106 Å². The Morgan fingerprint density at radius 3 is 2.69 bits per heavy atom. The maximum atomic E-state index is 13.4. The van der Waals surface area contributed by atoms with Gasteiger partial charge in [-0.05, 0) is 47.7 Å². The third-order valence-corrected chi connectivity index (χ3v) is 2.51. The van der Waals surface area contributed by atoms with Gasteiger partial charge in [0.05, 0.1) is 12.2 Å². The lowest BCUT2D eigenvalue weighted by molar-refractivity contribution is -0.141. The smallest absolute Gasteiger partial charge is 0.313 e. The topological polar surface area (TPSA) is 43.4 Å².